The van der Waals surface area contributed by atoms with Gasteiger partial charge in [-0.25, -0.2) is 0 Å². The molecule has 3 aromatic rings. The fraction of sp³-hybridized carbons (Fsp3) is 0.235. The summed E-state index contributed by atoms with van der Waals surface area (Å²) < 4.78 is 2.54. The van der Waals surface area contributed by atoms with Crippen molar-refractivity contribution in [3.05, 3.63) is 49.9 Å². The number of nitrogens with one attached hydrogen (secondary N) is 1. The van der Waals surface area contributed by atoms with Gasteiger partial charge in [0.2, 0.25) is 5.91 Å². The van der Waals surface area contributed by atoms with E-state index in [1.54, 1.807) is 4.57 Å². The number of thiophene rings is 1. The normalized spacial score (nSPS) is 10.7. The zero-order valence-corrected chi connectivity index (χ0v) is 14.9. The van der Waals surface area contributed by atoms with Crippen LogP contribution < -0.4 is 10.2 Å². The van der Waals surface area contributed by atoms with Crippen LogP contribution in [0.5, 0.6) is 0 Å². The first-order valence-electron chi connectivity index (χ1n) is 7.39. The fourth-order valence-electron chi connectivity index (χ4n) is 2.48. The van der Waals surface area contributed by atoms with Gasteiger partial charge >= 0.3 is 4.87 Å². The molecule has 1 aromatic carbocycles. The SMILES string of the molecule is Cc1sc(NC(=O)CCn2c(=O)sc3ccccc32)c(C#N)c1C. The molecule has 122 valence electrons. The highest BCUT2D eigenvalue weighted by molar-refractivity contribution is 7.16. The molecule has 24 heavy (non-hydrogen) atoms. The highest BCUT2D eigenvalue weighted by atomic mass is 32.1. The zero-order chi connectivity index (χ0) is 17.3. The number of para-hydroxylation sites is 1. The van der Waals surface area contributed by atoms with Gasteiger partial charge in [-0.3, -0.25) is 14.2 Å². The number of amides is 1. The smallest absolute Gasteiger partial charge is 0.308 e. The minimum absolute atomic E-state index is 0.0653. The Bertz CT molecular complexity index is 1020. The number of aryl methyl sites for hydroxylation is 2. The molecule has 0 unspecified atom stereocenters. The Labute approximate surface area is 146 Å². The first kappa shape index (κ1) is 16.4. The molecule has 0 aliphatic carbocycles. The molecule has 0 radical (unpaired) electrons. The van der Waals surface area contributed by atoms with Crippen LogP contribution in [0.4, 0.5) is 5.00 Å². The van der Waals surface area contributed by atoms with Crippen molar-refractivity contribution in [2.75, 3.05) is 5.32 Å². The number of nitrogens with zero attached hydrogens (tertiary/aromatic N) is 2. The average molecular weight is 357 g/mol. The predicted molar refractivity (Wildman–Crippen MR) is 97.8 cm³/mol. The third-order valence-corrected chi connectivity index (χ3v) is 5.97. The van der Waals surface area contributed by atoms with Crippen LogP contribution in [0.1, 0.15) is 22.4 Å². The van der Waals surface area contributed by atoms with E-state index in [1.165, 1.54) is 22.7 Å². The number of carbonyl (C=O) groups excluding carboxylic acids is 1. The Morgan fingerprint density at radius 1 is 1.29 bits per heavy atom. The number of benzene rings is 1. The highest BCUT2D eigenvalue weighted by Crippen LogP contribution is 2.31. The molecule has 0 aliphatic heterocycles. The molecule has 0 atom stereocenters. The molecule has 5 nitrogen and oxygen atoms in total. The molecule has 0 saturated carbocycles. The second-order valence-electron chi connectivity index (χ2n) is 5.38. The van der Waals surface area contributed by atoms with Crippen LogP contribution in [-0.2, 0) is 11.3 Å². The van der Waals surface area contributed by atoms with Crippen LogP contribution in [0.2, 0.25) is 0 Å². The summed E-state index contributed by atoms with van der Waals surface area (Å²) >= 11 is 2.58. The summed E-state index contributed by atoms with van der Waals surface area (Å²) in [5.74, 6) is -0.199. The van der Waals surface area contributed by atoms with Crippen molar-refractivity contribution in [3.8, 4) is 6.07 Å². The van der Waals surface area contributed by atoms with Gasteiger partial charge in [0, 0.05) is 17.8 Å². The fourth-order valence-corrected chi connectivity index (χ4v) is 4.42. The summed E-state index contributed by atoms with van der Waals surface area (Å²) in [5.41, 5.74) is 2.27. The summed E-state index contributed by atoms with van der Waals surface area (Å²) in [6.07, 6.45) is 0.182. The molecule has 0 fully saturated rings. The number of fused-ring (bicyclic) bond motifs is 1. The topological polar surface area (TPSA) is 74.9 Å². The summed E-state index contributed by atoms with van der Waals surface area (Å²) in [6.45, 7) is 4.12. The van der Waals surface area contributed by atoms with Gasteiger partial charge in [-0.15, -0.1) is 11.3 Å². The van der Waals surface area contributed by atoms with Crippen molar-refractivity contribution in [2.24, 2.45) is 0 Å². The maximum absolute atomic E-state index is 12.2. The van der Waals surface area contributed by atoms with E-state index in [-0.39, 0.29) is 17.2 Å². The van der Waals surface area contributed by atoms with Crippen LogP contribution in [0, 0.1) is 25.2 Å². The summed E-state index contributed by atoms with van der Waals surface area (Å²) in [5, 5.41) is 12.6. The van der Waals surface area contributed by atoms with E-state index in [4.69, 9.17) is 0 Å². The molecule has 2 aromatic heterocycles. The Morgan fingerprint density at radius 2 is 2.04 bits per heavy atom. The second-order valence-corrected chi connectivity index (χ2v) is 7.60. The van der Waals surface area contributed by atoms with E-state index in [1.807, 2.05) is 38.1 Å². The Hall–Kier alpha value is -2.43. The maximum atomic E-state index is 12.2. The van der Waals surface area contributed by atoms with Crippen molar-refractivity contribution in [3.63, 3.8) is 0 Å². The summed E-state index contributed by atoms with van der Waals surface area (Å²) in [6, 6.07) is 9.68. The van der Waals surface area contributed by atoms with Gasteiger partial charge in [0.1, 0.15) is 11.1 Å². The molecule has 3 rings (SSSR count). The molecule has 1 N–H and O–H groups in total. The first-order valence-corrected chi connectivity index (χ1v) is 9.03. The lowest BCUT2D eigenvalue weighted by Gasteiger charge is -2.05. The molecule has 0 spiro atoms. The number of thiazole rings is 1. The molecule has 0 saturated heterocycles. The van der Waals surface area contributed by atoms with Gasteiger partial charge in [0.25, 0.3) is 0 Å². The second kappa shape index (κ2) is 6.59. The summed E-state index contributed by atoms with van der Waals surface area (Å²) in [4.78, 5) is 25.2. The number of nitriles is 1. The van der Waals surface area contributed by atoms with Gasteiger partial charge in [0.05, 0.1) is 15.8 Å². The number of aromatic nitrogens is 1. The molecule has 2 heterocycles. The maximum Gasteiger partial charge on any atom is 0.308 e. The molecule has 0 aliphatic rings. The highest BCUT2D eigenvalue weighted by Gasteiger charge is 2.15. The predicted octanol–water partition coefficient (Wildman–Crippen LogP) is 3.64. The van der Waals surface area contributed by atoms with E-state index in [2.05, 4.69) is 11.4 Å². The summed E-state index contributed by atoms with van der Waals surface area (Å²) in [7, 11) is 0. The Morgan fingerprint density at radius 3 is 2.79 bits per heavy atom. The third-order valence-electron chi connectivity index (χ3n) is 3.89. The van der Waals surface area contributed by atoms with E-state index < -0.39 is 0 Å². The number of hydrogen-bond donors (Lipinski definition) is 1. The lowest BCUT2D eigenvalue weighted by atomic mass is 10.2. The zero-order valence-electron chi connectivity index (χ0n) is 13.3. The third kappa shape index (κ3) is 2.98. The van der Waals surface area contributed by atoms with Crippen LogP contribution in [0.15, 0.2) is 29.1 Å². The van der Waals surface area contributed by atoms with Crippen LogP contribution in [-0.4, -0.2) is 10.5 Å². The van der Waals surface area contributed by atoms with E-state index in [0.717, 1.165) is 20.7 Å². The van der Waals surface area contributed by atoms with Crippen LogP contribution in [0.3, 0.4) is 0 Å². The van der Waals surface area contributed by atoms with Crippen molar-refractivity contribution in [1.82, 2.24) is 4.57 Å². The Balaban J connectivity index is 1.74. The molecule has 0 bridgehead atoms. The lowest BCUT2D eigenvalue weighted by Crippen LogP contribution is -2.19. The minimum atomic E-state index is -0.199. The lowest BCUT2D eigenvalue weighted by molar-refractivity contribution is -0.116. The van der Waals surface area contributed by atoms with E-state index in [9.17, 15) is 14.9 Å². The molecule has 7 heteroatoms. The largest absolute Gasteiger partial charge is 0.317 e. The van der Waals surface area contributed by atoms with Crippen molar-refractivity contribution >= 4 is 43.8 Å². The Kier molecular flexibility index (Phi) is 4.51. The van der Waals surface area contributed by atoms with Gasteiger partial charge in [-0.1, -0.05) is 23.5 Å². The number of rotatable bonds is 4. The van der Waals surface area contributed by atoms with Crippen molar-refractivity contribution in [1.29, 1.82) is 5.26 Å². The quantitative estimate of drug-likeness (QED) is 0.774. The average Bonchev–Trinajstić information content (AvgIpc) is 3.01. The van der Waals surface area contributed by atoms with Crippen LogP contribution in [0.25, 0.3) is 10.2 Å². The molecular formula is C17H15N3O2S2. The minimum Gasteiger partial charge on any atom is -0.317 e. The van der Waals surface area contributed by atoms with Gasteiger partial charge in [0.15, 0.2) is 0 Å². The first-order chi connectivity index (χ1) is 11.5. The van der Waals surface area contributed by atoms with Crippen molar-refractivity contribution < 1.29 is 4.79 Å². The van der Waals surface area contributed by atoms with E-state index in [0.29, 0.717) is 17.1 Å². The number of hydrogen-bond acceptors (Lipinski definition) is 5. The monoisotopic (exact) mass is 357 g/mol. The van der Waals surface area contributed by atoms with Crippen molar-refractivity contribution in [2.45, 2.75) is 26.8 Å². The van der Waals surface area contributed by atoms with Crippen LogP contribution >= 0.6 is 22.7 Å². The number of anilines is 1. The van der Waals surface area contributed by atoms with Gasteiger partial charge < -0.3 is 5.32 Å². The molecule has 1 amide bonds. The van der Waals surface area contributed by atoms with Gasteiger partial charge in [-0.05, 0) is 31.5 Å². The molecular weight excluding hydrogens is 342 g/mol. The standard InChI is InChI=1S/C17H15N3O2S2/c1-10-11(2)23-16(12(10)9-18)19-15(21)7-8-20-13-5-3-4-6-14(13)24-17(20)22/h3-6H,7-8H2,1-2H3,(H,19,21). The number of carbonyl (C=O) groups is 1. The van der Waals surface area contributed by atoms with E-state index >= 15 is 0 Å². The van der Waals surface area contributed by atoms with Gasteiger partial charge in [-0.2, -0.15) is 5.26 Å².